The summed E-state index contributed by atoms with van der Waals surface area (Å²) in [4.78, 5) is 0. The summed E-state index contributed by atoms with van der Waals surface area (Å²) in [5.41, 5.74) is 0. The van der Waals surface area contributed by atoms with Gasteiger partial charge < -0.3 is 5.32 Å². The fourth-order valence-electron chi connectivity index (χ4n) is 3.95. The predicted octanol–water partition coefficient (Wildman–Crippen LogP) is 6.47. The topological polar surface area (TPSA) is 12.0 Å². The van der Waals surface area contributed by atoms with E-state index in [4.69, 9.17) is 0 Å². The van der Waals surface area contributed by atoms with Gasteiger partial charge in [0, 0.05) is 6.04 Å². The zero-order valence-corrected chi connectivity index (χ0v) is 15.0. The first-order valence-corrected chi connectivity index (χ1v) is 10.1. The van der Waals surface area contributed by atoms with Crippen molar-refractivity contribution in [2.75, 3.05) is 6.54 Å². The van der Waals surface area contributed by atoms with Crippen LogP contribution in [0.3, 0.4) is 0 Å². The molecule has 2 unspecified atom stereocenters. The van der Waals surface area contributed by atoms with Crippen LogP contribution in [-0.2, 0) is 0 Å². The Bertz CT molecular complexity index is 212. The molecule has 1 saturated carbocycles. The molecule has 0 aromatic carbocycles. The lowest BCUT2D eigenvalue weighted by atomic mass is 9.82. The van der Waals surface area contributed by atoms with Gasteiger partial charge in [0.1, 0.15) is 0 Å². The molecule has 1 aliphatic carbocycles. The van der Waals surface area contributed by atoms with Gasteiger partial charge in [-0.1, -0.05) is 97.3 Å². The molecule has 21 heavy (non-hydrogen) atoms. The van der Waals surface area contributed by atoms with Crippen LogP contribution in [0.5, 0.6) is 0 Å². The van der Waals surface area contributed by atoms with Crippen molar-refractivity contribution >= 4 is 0 Å². The highest BCUT2D eigenvalue weighted by Gasteiger charge is 2.20. The van der Waals surface area contributed by atoms with E-state index in [0.717, 1.165) is 18.5 Å². The molecule has 0 bridgehead atoms. The maximum absolute atomic E-state index is 3.65. The molecule has 1 rings (SSSR count). The maximum atomic E-state index is 3.65. The molecule has 2 atom stereocenters. The van der Waals surface area contributed by atoms with E-state index < -0.39 is 0 Å². The first kappa shape index (κ1) is 19.0. The van der Waals surface area contributed by atoms with Gasteiger partial charge in [0.05, 0.1) is 0 Å². The number of hydrogen-bond donors (Lipinski definition) is 1. The Morgan fingerprint density at radius 3 is 2.00 bits per heavy atom. The van der Waals surface area contributed by atoms with Gasteiger partial charge in [0.15, 0.2) is 0 Å². The van der Waals surface area contributed by atoms with Crippen LogP contribution >= 0.6 is 0 Å². The van der Waals surface area contributed by atoms with Gasteiger partial charge in [-0.3, -0.25) is 0 Å². The molecule has 0 heterocycles. The van der Waals surface area contributed by atoms with Crippen LogP contribution < -0.4 is 5.32 Å². The summed E-state index contributed by atoms with van der Waals surface area (Å²) >= 11 is 0. The van der Waals surface area contributed by atoms with Crippen molar-refractivity contribution in [2.24, 2.45) is 5.92 Å². The average Bonchev–Trinajstić information content (AvgIpc) is 2.50. The van der Waals surface area contributed by atoms with Crippen molar-refractivity contribution in [1.29, 1.82) is 0 Å². The van der Waals surface area contributed by atoms with Crippen molar-refractivity contribution in [1.82, 2.24) is 5.32 Å². The Kier molecular flexibility index (Phi) is 12.3. The third kappa shape index (κ3) is 10.3. The molecule has 0 aromatic heterocycles. The lowest BCUT2D eigenvalue weighted by molar-refractivity contribution is 0.270. The minimum absolute atomic E-state index is 0.830. The number of hydrogen-bond acceptors (Lipinski definition) is 1. The molecule has 1 fully saturated rings. The van der Waals surface area contributed by atoms with Gasteiger partial charge >= 0.3 is 0 Å². The summed E-state index contributed by atoms with van der Waals surface area (Å²) in [6, 6.07) is 0.830. The largest absolute Gasteiger partial charge is 0.314 e. The zero-order chi connectivity index (χ0) is 15.2. The second kappa shape index (κ2) is 13.6. The molecule has 1 N–H and O–H groups in total. The fourth-order valence-corrected chi connectivity index (χ4v) is 3.95. The second-order valence-corrected chi connectivity index (χ2v) is 7.26. The molecule has 0 aromatic rings. The van der Waals surface area contributed by atoms with Crippen molar-refractivity contribution in [3.63, 3.8) is 0 Å². The predicted molar refractivity (Wildman–Crippen MR) is 95.9 cm³/mol. The minimum atomic E-state index is 0.830. The van der Waals surface area contributed by atoms with E-state index in [0.29, 0.717) is 0 Å². The third-order valence-corrected chi connectivity index (χ3v) is 5.24. The van der Waals surface area contributed by atoms with Crippen LogP contribution in [0.4, 0.5) is 0 Å². The van der Waals surface area contributed by atoms with E-state index in [1.165, 1.54) is 96.3 Å². The first-order valence-electron chi connectivity index (χ1n) is 10.1. The summed E-state index contributed by atoms with van der Waals surface area (Å²) in [6.07, 6.45) is 22.0. The SMILES string of the molecule is CCCCCCCCCCCCC1CCCC(NCC)C1. The number of unbranched alkanes of at least 4 members (excludes halogenated alkanes) is 9. The third-order valence-electron chi connectivity index (χ3n) is 5.24. The highest BCUT2D eigenvalue weighted by Crippen LogP contribution is 2.28. The molecule has 0 saturated heterocycles. The Labute approximate surface area is 134 Å². The normalized spacial score (nSPS) is 22.6. The summed E-state index contributed by atoms with van der Waals surface area (Å²) in [5.74, 6) is 1.02. The Morgan fingerprint density at radius 1 is 0.762 bits per heavy atom. The van der Waals surface area contributed by atoms with Crippen LogP contribution in [0.25, 0.3) is 0 Å². The molecule has 126 valence electrons. The maximum Gasteiger partial charge on any atom is 0.00695 e. The first-order chi connectivity index (χ1) is 10.4. The zero-order valence-electron chi connectivity index (χ0n) is 15.0. The van der Waals surface area contributed by atoms with Crippen molar-refractivity contribution in [3.05, 3.63) is 0 Å². The Balaban J connectivity index is 1.85. The summed E-state index contributed by atoms with van der Waals surface area (Å²) in [5, 5.41) is 3.65. The average molecular weight is 296 g/mol. The lowest BCUT2D eigenvalue weighted by Crippen LogP contribution is -2.33. The van der Waals surface area contributed by atoms with Crippen molar-refractivity contribution < 1.29 is 0 Å². The minimum Gasteiger partial charge on any atom is -0.314 e. The van der Waals surface area contributed by atoms with E-state index in [2.05, 4.69) is 19.2 Å². The Morgan fingerprint density at radius 2 is 1.38 bits per heavy atom. The van der Waals surface area contributed by atoms with E-state index in [-0.39, 0.29) is 0 Å². The highest BCUT2D eigenvalue weighted by atomic mass is 14.9. The molecule has 1 nitrogen and oxygen atoms in total. The molecule has 1 heteroatoms. The quantitative estimate of drug-likeness (QED) is 0.384. The van der Waals surface area contributed by atoms with E-state index in [1.54, 1.807) is 0 Å². The smallest absolute Gasteiger partial charge is 0.00695 e. The lowest BCUT2D eigenvalue weighted by Gasteiger charge is -2.29. The molecular formula is C20H41N. The van der Waals surface area contributed by atoms with E-state index >= 15 is 0 Å². The van der Waals surface area contributed by atoms with Gasteiger partial charge in [-0.25, -0.2) is 0 Å². The van der Waals surface area contributed by atoms with E-state index in [1.807, 2.05) is 0 Å². The molecule has 0 radical (unpaired) electrons. The van der Waals surface area contributed by atoms with E-state index in [9.17, 15) is 0 Å². The van der Waals surface area contributed by atoms with Crippen LogP contribution in [-0.4, -0.2) is 12.6 Å². The number of rotatable bonds is 13. The standard InChI is InChI=1S/C20H41N/c1-3-5-6-7-8-9-10-11-12-13-15-19-16-14-17-20(18-19)21-4-2/h19-21H,3-18H2,1-2H3. The van der Waals surface area contributed by atoms with Crippen LogP contribution in [0.15, 0.2) is 0 Å². The highest BCUT2D eigenvalue weighted by molar-refractivity contribution is 4.77. The van der Waals surface area contributed by atoms with Crippen molar-refractivity contribution in [2.45, 2.75) is 116 Å². The molecule has 0 amide bonds. The molecule has 0 aliphatic heterocycles. The molecule has 1 aliphatic rings. The second-order valence-electron chi connectivity index (χ2n) is 7.26. The summed E-state index contributed by atoms with van der Waals surface area (Å²) in [6.45, 7) is 5.69. The van der Waals surface area contributed by atoms with Gasteiger partial charge in [-0.2, -0.15) is 0 Å². The summed E-state index contributed by atoms with van der Waals surface area (Å²) < 4.78 is 0. The number of nitrogens with one attached hydrogen (secondary N) is 1. The van der Waals surface area contributed by atoms with Gasteiger partial charge in [0.2, 0.25) is 0 Å². The van der Waals surface area contributed by atoms with Crippen LogP contribution in [0.1, 0.15) is 110 Å². The van der Waals surface area contributed by atoms with Gasteiger partial charge in [-0.05, 0) is 25.3 Å². The van der Waals surface area contributed by atoms with Crippen LogP contribution in [0.2, 0.25) is 0 Å². The molecule has 0 spiro atoms. The monoisotopic (exact) mass is 295 g/mol. The van der Waals surface area contributed by atoms with Crippen molar-refractivity contribution in [3.8, 4) is 0 Å². The van der Waals surface area contributed by atoms with Gasteiger partial charge in [0.25, 0.3) is 0 Å². The Hall–Kier alpha value is -0.0400. The van der Waals surface area contributed by atoms with Crippen LogP contribution in [0, 0.1) is 5.92 Å². The molecular weight excluding hydrogens is 254 g/mol. The van der Waals surface area contributed by atoms with Gasteiger partial charge in [-0.15, -0.1) is 0 Å². The fraction of sp³-hybridized carbons (Fsp3) is 1.00. The summed E-state index contributed by atoms with van der Waals surface area (Å²) in [7, 11) is 0.